The predicted molar refractivity (Wildman–Crippen MR) is 84.9 cm³/mol. The fourth-order valence-corrected chi connectivity index (χ4v) is 3.50. The normalized spacial score (nSPS) is 23.4. The molecule has 0 saturated heterocycles. The van der Waals surface area contributed by atoms with E-state index in [2.05, 4.69) is 47.4 Å². The molecule has 108 valence electrons. The average Bonchev–Trinajstić information content (AvgIpc) is 2.94. The average molecular weight is 280 g/mol. The minimum Gasteiger partial charge on any atom is -0.493 e. The van der Waals surface area contributed by atoms with Crippen LogP contribution in [0.15, 0.2) is 48.5 Å². The van der Waals surface area contributed by atoms with E-state index in [9.17, 15) is 0 Å². The van der Waals surface area contributed by atoms with Crippen LogP contribution in [0.4, 0.5) is 5.69 Å². The van der Waals surface area contributed by atoms with E-state index in [0.29, 0.717) is 5.92 Å². The number of benzene rings is 2. The highest BCUT2D eigenvalue weighted by atomic mass is 16.5. The van der Waals surface area contributed by atoms with Gasteiger partial charge in [0.1, 0.15) is 5.75 Å². The van der Waals surface area contributed by atoms with E-state index in [0.717, 1.165) is 31.9 Å². The molecule has 3 nitrogen and oxygen atoms in total. The topological polar surface area (TPSA) is 38.5 Å². The second-order valence-electron chi connectivity index (χ2n) is 5.95. The van der Waals surface area contributed by atoms with Crippen LogP contribution in [0.3, 0.4) is 0 Å². The smallest absolute Gasteiger partial charge is 0.122 e. The van der Waals surface area contributed by atoms with Crippen molar-refractivity contribution in [3.63, 3.8) is 0 Å². The lowest BCUT2D eigenvalue weighted by atomic mass is 9.94. The number of nitrogens with zero attached hydrogens (tertiary/aromatic N) is 1. The van der Waals surface area contributed by atoms with Gasteiger partial charge in [-0.1, -0.05) is 36.4 Å². The highest BCUT2D eigenvalue weighted by Crippen LogP contribution is 2.37. The summed E-state index contributed by atoms with van der Waals surface area (Å²) in [6.07, 6.45) is 1.02. The van der Waals surface area contributed by atoms with Crippen LogP contribution in [-0.2, 0) is 0 Å². The van der Waals surface area contributed by atoms with E-state index >= 15 is 0 Å². The van der Waals surface area contributed by atoms with Crippen molar-refractivity contribution < 1.29 is 4.74 Å². The largest absolute Gasteiger partial charge is 0.493 e. The molecule has 0 aromatic heterocycles. The Bertz CT molecular complexity index is 655. The van der Waals surface area contributed by atoms with Crippen LogP contribution >= 0.6 is 0 Å². The quantitative estimate of drug-likeness (QED) is 0.918. The second-order valence-corrected chi connectivity index (χ2v) is 5.95. The van der Waals surface area contributed by atoms with Gasteiger partial charge in [-0.3, -0.25) is 0 Å². The van der Waals surface area contributed by atoms with E-state index < -0.39 is 0 Å². The van der Waals surface area contributed by atoms with Gasteiger partial charge in [0.25, 0.3) is 0 Å². The second kappa shape index (κ2) is 5.08. The minimum atomic E-state index is 0.171. The summed E-state index contributed by atoms with van der Waals surface area (Å²) in [5.74, 6) is 1.49. The van der Waals surface area contributed by atoms with Gasteiger partial charge in [-0.25, -0.2) is 0 Å². The zero-order valence-electron chi connectivity index (χ0n) is 12.0. The Labute approximate surface area is 125 Å². The van der Waals surface area contributed by atoms with Crippen molar-refractivity contribution in [2.45, 2.75) is 18.4 Å². The lowest BCUT2D eigenvalue weighted by Crippen LogP contribution is -2.36. The first kappa shape index (κ1) is 12.7. The van der Waals surface area contributed by atoms with E-state index in [-0.39, 0.29) is 6.04 Å². The van der Waals surface area contributed by atoms with Crippen molar-refractivity contribution in [1.82, 2.24) is 0 Å². The van der Waals surface area contributed by atoms with Crippen molar-refractivity contribution in [3.05, 3.63) is 59.7 Å². The van der Waals surface area contributed by atoms with Crippen LogP contribution in [0.5, 0.6) is 5.75 Å². The molecule has 0 fully saturated rings. The van der Waals surface area contributed by atoms with Crippen molar-refractivity contribution in [3.8, 4) is 5.75 Å². The fourth-order valence-electron chi connectivity index (χ4n) is 3.50. The molecule has 0 bridgehead atoms. The third kappa shape index (κ3) is 2.18. The molecule has 0 radical (unpaired) electrons. The van der Waals surface area contributed by atoms with E-state index in [1.807, 2.05) is 6.07 Å². The number of nitrogens with two attached hydrogens (primary N) is 1. The molecule has 0 saturated carbocycles. The lowest BCUT2D eigenvalue weighted by molar-refractivity contribution is 0.330. The first-order chi connectivity index (χ1) is 10.3. The fraction of sp³-hybridized carbons (Fsp3) is 0.333. The zero-order chi connectivity index (χ0) is 14.2. The maximum Gasteiger partial charge on any atom is 0.122 e. The monoisotopic (exact) mass is 280 g/mol. The lowest BCUT2D eigenvalue weighted by Gasteiger charge is -2.35. The Balaban J connectivity index is 1.61. The van der Waals surface area contributed by atoms with Gasteiger partial charge < -0.3 is 15.4 Å². The van der Waals surface area contributed by atoms with Crippen LogP contribution in [0, 0.1) is 0 Å². The Morgan fingerprint density at radius 1 is 1.05 bits per heavy atom. The van der Waals surface area contributed by atoms with Crippen LogP contribution in [0.25, 0.3) is 0 Å². The molecule has 2 atom stereocenters. The summed E-state index contributed by atoms with van der Waals surface area (Å²) < 4.78 is 5.81. The van der Waals surface area contributed by atoms with Crippen LogP contribution in [-0.4, -0.2) is 19.7 Å². The van der Waals surface area contributed by atoms with Gasteiger partial charge in [0.15, 0.2) is 0 Å². The van der Waals surface area contributed by atoms with Crippen molar-refractivity contribution >= 4 is 5.69 Å². The molecule has 0 amide bonds. The van der Waals surface area contributed by atoms with E-state index in [1.165, 1.54) is 16.8 Å². The Morgan fingerprint density at radius 3 is 2.71 bits per heavy atom. The summed E-state index contributed by atoms with van der Waals surface area (Å²) in [5.41, 5.74) is 10.1. The number of fused-ring (bicyclic) bond motifs is 2. The van der Waals surface area contributed by atoms with Gasteiger partial charge in [-0.05, 0) is 24.1 Å². The third-order valence-corrected chi connectivity index (χ3v) is 4.63. The van der Waals surface area contributed by atoms with Gasteiger partial charge in [0.2, 0.25) is 0 Å². The Hall–Kier alpha value is -2.00. The summed E-state index contributed by atoms with van der Waals surface area (Å²) in [4.78, 5) is 2.47. The SMILES string of the molecule is NC1CCN(CC2COc3ccccc32)c2ccccc21. The minimum absolute atomic E-state index is 0.171. The molecule has 2 aliphatic rings. The zero-order valence-corrected chi connectivity index (χ0v) is 12.0. The highest BCUT2D eigenvalue weighted by Gasteiger charge is 2.29. The van der Waals surface area contributed by atoms with E-state index in [4.69, 9.17) is 10.5 Å². The molecule has 0 aliphatic carbocycles. The number of anilines is 1. The molecule has 2 aromatic rings. The summed E-state index contributed by atoms with van der Waals surface area (Å²) in [5, 5.41) is 0. The molecular formula is C18H20N2O. The van der Waals surface area contributed by atoms with Gasteiger partial charge in [-0.2, -0.15) is 0 Å². The number of ether oxygens (including phenoxy) is 1. The molecular weight excluding hydrogens is 260 g/mol. The standard InChI is InChI=1S/C18H20N2O/c19-16-9-10-20(17-7-3-1-6-15(16)17)11-13-12-21-18-8-4-2-5-14(13)18/h1-8,13,16H,9-12,19H2. The maximum atomic E-state index is 6.24. The number of para-hydroxylation sites is 2. The third-order valence-electron chi connectivity index (χ3n) is 4.63. The van der Waals surface area contributed by atoms with Gasteiger partial charge >= 0.3 is 0 Å². The first-order valence-corrected chi connectivity index (χ1v) is 7.64. The molecule has 3 heteroatoms. The van der Waals surface area contributed by atoms with Crippen molar-refractivity contribution in [1.29, 1.82) is 0 Å². The molecule has 2 unspecified atom stereocenters. The molecule has 0 spiro atoms. The predicted octanol–water partition coefficient (Wildman–Crippen LogP) is 3.07. The Morgan fingerprint density at radius 2 is 1.81 bits per heavy atom. The van der Waals surface area contributed by atoms with Gasteiger partial charge in [0, 0.05) is 36.3 Å². The molecule has 2 N–H and O–H groups in total. The summed E-state index contributed by atoms with van der Waals surface area (Å²) in [6.45, 7) is 2.81. The van der Waals surface area contributed by atoms with Gasteiger partial charge in [-0.15, -0.1) is 0 Å². The number of rotatable bonds is 2. The van der Waals surface area contributed by atoms with Crippen LogP contribution < -0.4 is 15.4 Å². The molecule has 4 rings (SSSR count). The molecule has 2 aromatic carbocycles. The molecule has 21 heavy (non-hydrogen) atoms. The Kier molecular flexibility index (Phi) is 3.08. The van der Waals surface area contributed by atoms with Gasteiger partial charge in [0.05, 0.1) is 6.61 Å². The number of hydrogen-bond acceptors (Lipinski definition) is 3. The van der Waals surface area contributed by atoms with E-state index in [1.54, 1.807) is 0 Å². The number of hydrogen-bond donors (Lipinski definition) is 1. The van der Waals surface area contributed by atoms with Crippen LogP contribution in [0.1, 0.15) is 29.5 Å². The maximum absolute atomic E-state index is 6.24. The summed E-state index contributed by atoms with van der Waals surface area (Å²) in [7, 11) is 0. The molecule has 2 heterocycles. The summed E-state index contributed by atoms with van der Waals surface area (Å²) in [6, 6.07) is 17.1. The van der Waals surface area contributed by atoms with Crippen molar-refractivity contribution in [2.24, 2.45) is 5.73 Å². The van der Waals surface area contributed by atoms with Crippen molar-refractivity contribution in [2.75, 3.05) is 24.6 Å². The summed E-state index contributed by atoms with van der Waals surface area (Å²) >= 11 is 0. The van der Waals surface area contributed by atoms with Crippen LogP contribution in [0.2, 0.25) is 0 Å². The highest BCUT2D eigenvalue weighted by molar-refractivity contribution is 5.57. The molecule has 2 aliphatic heterocycles. The first-order valence-electron chi connectivity index (χ1n) is 7.64.